The molecule has 0 fully saturated rings. The lowest BCUT2D eigenvalue weighted by atomic mass is 10.1. The monoisotopic (exact) mass is 330 g/mol. The Bertz CT molecular complexity index is 853. The van der Waals surface area contributed by atoms with Gasteiger partial charge >= 0.3 is 0 Å². The number of nitrogens with one attached hydrogen (secondary N) is 1. The number of carbonyl (C=O) groups is 1. The average Bonchev–Trinajstić information content (AvgIpc) is 3.13. The maximum Gasteiger partial charge on any atom is 0.252 e. The minimum atomic E-state index is 0.00957. The lowest BCUT2D eigenvalue weighted by molar-refractivity contribution is -0.121. The highest BCUT2D eigenvalue weighted by Crippen LogP contribution is 2.15. The molecule has 0 aliphatic carbocycles. The number of aryl methyl sites for hydroxylation is 3. The van der Waals surface area contributed by atoms with E-state index in [9.17, 15) is 4.79 Å². The Morgan fingerprint density at radius 2 is 2.13 bits per heavy atom. The molecule has 1 N–H and O–H groups in total. The second-order valence-corrected chi connectivity index (χ2v) is 6.34. The molecular weight excluding hydrogens is 312 g/mol. The van der Waals surface area contributed by atoms with Crippen LogP contribution in [0, 0.1) is 20.8 Å². The zero-order valence-electron chi connectivity index (χ0n) is 13.3. The summed E-state index contributed by atoms with van der Waals surface area (Å²) in [6, 6.07) is 0. The van der Waals surface area contributed by atoms with Crippen LogP contribution >= 0.6 is 11.3 Å². The molecule has 3 aromatic heterocycles. The summed E-state index contributed by atoms with van der Waals surface area (Å²) in [6.07, 6.45) is 2.53. The van der Waals surface area contributed by atoms with Gasteiger partial charge in [0.1, 0.15) is 11.3 Å². The third-order valence-corrected chi connectivity index (χ3v) is 4.66. The maximum absolute atomic E-state index is 12.0. The van der Waals surface area contributed by atoms with Gasteiger partial charge in [0.15, 0.2) is 0 Å². The molecule has 0 saturated heterocycles. The number of hydrogen-bond acceptors (Lipinski definition) is 6. The summed E-state index contributed by atoms with van der Waals surface area (Å²) in [5.74, 6) is 0.600. The molecule has 3 rings (SSSR count). The number of amides is 1. The predicted molar refractivity (Wildman–Crippen MR) is 87.3 cm³/mol. The lowest BCUT2D eigenvalue weighted by Gasteiger charge is -2.10. The number of rotatable bonds is 5. The van der Waals surface area contributed by atoms with Crippen molar-refractivity contribution in [2.75, 3.05) is 0 Å². The molecule has 1 amide bonds. The SMILES string of the molecule is Cc1csc(CNC(=O)CCc2c(C)nc3ncnn3c2C)n1. The highest BCUT2D eigenvalue weighted by atomic mass is 32.1. The van der Waals surface area contributed by atoms with E-state index in [-0.39, 0.29) is 5.91 Å². The number of fused-ring (bicyclic) bond motifs is 1. The molecule has 0 radical (unpaired) electrons. The Balaban J connectivity index is 1.62. The van der Waals surface area contributed by atoms with Gasteiger partial charge in [-0.2, -0.15) is 10.1 Å². The van der Waals surface area contributed by atoms with E-state index in [0.29, 0.717) is 25.2 Å². The van der Waals surface area contributed by atoms with Gasteiger partial charge in [0.2, 0.25) is 5.91 Å². The van der Waals surface area contributed by atoms with E-state index in [1.165, 1.54) is 6.33 Å². The lowest BCUT2D eigenvalue weighted by Crippen LogP contribution is -2.23. The predicted octanol–water partition coefficient (Wildman–Crippen LogP) is 1.76. The van der Waals surface area contributed by atoms with Gasteiger partial charge in [0, 0.05) is 28.9 Å². The Kier molecular flexibility index (Phi) is 4.33. The van der Waals surface area contributed by atoms with Crippen LogP contribution in [-0.2, 0) is 17.8 Å². The summed E-state index contributed by atoms with van der Waals surface area (Å²) >= 11 is 1.56. The van der Waals surface area contributed by atoms with E-state index in [1.54, 1.807) is 15.9 Å². The van der Waals surface area contributed by atoms with Crippen molar-refractivity contribution in [3.05, 3.63) is 39.4 Å². The van der Waals surface area contributed by atoms with Crippen molar-refractivity contribution in [3.63, 3.8) is 0 Å². The van der Waals surface area contributed by atoms with Crippen LogP contribution in [0.25, 0.3) is 5.78 Å². The Labute approximate surface area is 137 Å². The number of thiazole rings is 1. The van der Waals surface area contributed by atoms with Crippen molar-refractivity contribution in [1.29, 1.82) is 0 Å². The van der Waals surface area contributed by atoms with Gasteiger partial charge in [0.25, 0.3) is 5.78 Å². The first-order valence-electron chi connectivity index (χ1n) is 7.38. The number of hydrogen-bond donors (Lipinski definition) is 1. The van der Waals surface area contributed by atoms with Gasteiger partial charge in [-0.05, 0) is 32.8 Å². The first kappa shape index (κ1) is 15.5. The van der Waals surface area contributed by atoms with Gasteiger partial charge in [0.05, 0.1) is 6.54 Å². The molecule has 0 unspecified atom stereocenters. The normalized spacial score (nSPS) is 11.1. The van der Waals surface area contributed by atoms with E-state index in [0.717, 1.165) is 27.7 Å². The first-order chi connectivity index (χ1) is 11.0. The van der Waals surface area contributed by atoms with Crippen LogP contribution in [0.3, 0.4) is 0 Å². The van der Waals surface area contributed by atoms with Crippen LogP contribution in [0.1, 0.15) is 34.1 Å². The second-order valence-electron chi connectivity index (χ2n) is 5.39. The summed E-state index contributed by atoms with van der Waals surface area (Å²) in [6.45, 7) is 6.34. The Morgan fingerprint density at radius 1 is 1.30 bits per heavy atom. The van der Waals surface area contributed by atoms with Crippen molar-refractivity contribution in [2.45, 2.75) is 40.2 Å². The zero-order valence-corrected chi connectivity index (χ0v) is 14.1. The van der Waals surface area contributed by atoms with Crippen LogP contribution in [0.15, 0.2) is 11.7 Å². The zero-order chi connectivity index (χ0) is 16.4. The van der Waals surface area contributed by atoms with E-state index in [1.807, 2.05) is 26.2 Å². The molecule has 0 atom stereocenters. The van der Waals surface area contributed by atoms with Gasteiger partial charge in [-0.1, -0.05) is 0 Å². The second kappa shape index (κ2) is 6.41. The summed E-state index contributed by atoms with van der Waals surface area (Å²) in [4.78, 5) is 24.9. The molecule has 3 heterocycles. The van der Waals surface area contributed by atoms with E-state index < -0.39 is 0 Å². The Morgan fingerprint density at radius 3 is 2.87 bits per heavy atom. The maximum atomic E-state index is 12.0. The molecule has 23 heavy (non-hydrogen) atoms. The smallest absolute Gasteiger partial charge is 0.252 e. The topological polar surface area (TPSA) is 85.1 Å². The molecule has 0 aliphatic heterocycles. The molecule has 0 aliphatic rings. The summed E-state index contributed by atoms with van der Waals surface area (Å²) in [5.41, 5.74) is 3.90. The fourth-order valence-electron chi connectivity index (χ4n) is 2.50. The Hall–Kier alpha value is -2.35. The molecule has 7 nitrogen and oxygen atoms in total. The number of aromatic nitrogens is 5. The largest absolute Gasteiger partial charge is 0.350 e. The van der Waals surface area contributed by atoms with E-state index in [4.69, 9.17) is 0 Å². The quantitative estimate of drug-likeness (QED) is 0.770. The van der Waals surface area contributed by atoms with E-state index >= 15 is 0 Å². The van der Waals surface area contributed by atoms with Crippen molar-refractivity contribution in [3.8, 4) is 0 Å². The molecule has 3 aromatic rings. The average molecular weight is 330 g/mol. The highest BCUT2D eigenvalue weighted by Gasteiger charge is 2.12. The van der Waals surface area contributed by atoms with Crippen LogP contribution in [0.5, 0.6) is 0 Å². The van der Waals surface area contributed by atoms with Crippen LogP contribution in [0.2, 0.25) is 0 Å². The molecule has 0 bridgehead atoms. The van der Waals surface area contributed by atoms with Crippen molar-refractivity contribution in [1.82, 2.24) is 29.9 Å². The fraction of sp³-hybridized carbons (Fsp3) is 0.400. The molecule has 0 aromatic carbocycles. The highest BCUT2D eigenvalue weighted by molar-refractivity contribution is 7.09. The van der Waals surface area contributed by atoms with Crippen molar-refractivity contribution in [2.24, 2.45) is 0 Å². The fourth-order valence-corrected chi connectivity index (χ4v) is 3.21. The van der Waals surface area contributed by atoms with Gasteiger partial charge < -0.3 is 5.32 Å². The summed E-state index contributed by atoms with van der Waals surface area (Å²) in [7, 11) is 0. The minimum absolute atomic E-state index is 0.00957. The van der Waals surface area contributed by atoms with Crippen LogP contribution < -0.4 is 5.32 Å². The van der Waals surface area contributed by atoms with Gasteiger partial charge in [-0.3, -0.25) is 4.79 Å². The minimum Gasteiger partial charge on any atom is -0.350 e. The standard InChI is InChI=1S/C15H18N6OS/c1-9-7-23-14(19-9)6-16-13(22)5-4-12-10(2)20-15-17-8-18-21(15)11(12)3/h7-8H,4-6H2,1-3H3,(H,16,22). The molecular formula is C15H18N6OS. The number of nitrogens with zero attached hydrogens (tertiary/aromatic N) is 5. The first-order valence-corrected chi connectivity index (χ1v) is 8.26. The summed E-state index contributed by atoms with van der Waals surface area (Å²) < 4.78 is 1.71. The van der Waals surface area contributed by atoms with Crippen LogP contribution in [-0.4, -0.2) is 30.5 Å². The van der Waals surface area contributed by atoms with Gasteiger partial charge in [-0.25, -0.2) is 14.5 Å². The number of carbonyl (C=O) groups excluding carboxylic acids is 1. The molecule has 0 saturated carbocycles. The van der Waals surface area contributed by atoms with E-state index in [2.05, 4.69) is 25.4 Å². The van der Waals surface area contributed by atoms with Gasteiger partial charge in [-0.15, -0.1) is 11.3 Å². The molecule has 8 heteroatoms. The third kappa shape index (κ3) is 3.37. The molecule has 0 spiro atoms. The third-order valence-electron chi connectivity index (χ3n) is 3.69. The molecule has 120 valence electrons. The summed E-state index contributed by atoms with van der Waals surface area (Å²) in [5, 5.41) is 9.97. The van der Waals surface area contributed by atoms with Crippen LogP contribution in [0.4, 0.5) is 0 Å². The van der Waals surface area contributed by atoms with Crippen molar-refractivity contribution < 1.29 is 4.79 Å². The van der Waals surface area contributed by atoms with Crippen molar-refractivity contribution >= 4 is 23.0 Å².